The third-order valence-electron chi connectivity index (χ3n) is 2.78. The molecule has 1 rings (SSSR count). The molecule has 2 N–H and O–H groups in total. The highest BCUT2D eigenvalue weighted by atomic mass is 32.2. The zero-order valence-corrected chi connectivity index (χ0v) is 11.8. The average Bonchev–Trinajstić information content (AvgIpc) is 2.38. The number of nitro benzene ring substituents is 1. The van der Waals surface area contributed by atoms with Gasteiger partial charge in [0.25, 0.3) is 5.69 Å². The summed E-state index contributed by atoms with van der Waals surface area (Å²) in [4.78, 5) is 19.6. The molecule has 116 valence electrons. The summed E-state index contributed by atoms with van der Waals surface area (Å²) in [5.74, 6) is -3.32. The molecule has 1 aromatic carbocycles. The van der Waals surface area contributed by atoms with Crippen LogP contribution < -0.4 is 4.72 Å². The first-order chi connectivity index (χ1) is 9.69. The summed E-state index contributed by atoms with van der Waals surface area (Å²) >= 11 is 0. The Balaban J connectivity index is 3.05. The summed E-state index contributed by atoms with van der Waals surface area (Å²) in [5.41, 5.74) is -0.581. The molecule has 1 aromatic rings. The number of carboxylic acid groups (broad SMARTS) is 1. The topological polar surface area (TPSA) is 127 Å². The van der Waals surface area contributed by atoms with Crippen molar-refractivity contribution in [3.63, 3.8) is 0 Å². The van der Waals surface area contributed by atoms with Gasteiger partial charge in [-0.05, 0) is 12.5 Å². The Hall–Kier alpha value is -2.07. The lowest BCUT2D eigenvalue weighted by Gasteiger charge is -2.12. The molecule has 21 heavy (non-hydrogen) atoms. The van der Waals surface area contributed by atoms with E-state index in [1.807, 2.05) is 4.72 Å². The quantitative estimate of drug-likeness (QED) is 0.572. The molecule has 1 unspecified atom stereocenters. The molecule has 10 heteroatoms. The number of nitro groups is 1. The maximum atomic E-state index is 13.5. The lowest BCUT2D eigenvalue weighted by atomic mass is 10.1. The van der Waals surface area contributed by atoms with Crippen LogP contribution in [0.4, 0.5) is 10.1 Å². The van der Waals surface area contributed by atoms with E-state index in [2.05, 4.69) is 0 Å². The number of halogens is 1. The van der Waals surface area contributed by atoms with Crippen LogP contribution in [0.2, 0.25) is 0 Å². The maximum absolute atomic E-state index is 13.5. The van der Waals surface area contributed by atoms with Crippen LogP contribution in [0.3, 0.4) is 0 Å². The van der Waals surface area contributed by atoms with Crippen LogP contribution in [0.15, 0.2) is 23.1 Å². The van der Waals surface area contributed by atoms with Gasteiger partial charge in [0.2, 0.25) is 10.0 Å². The van der Waals surface area contributed by atoms with Gasteiger partial charge in [0.15, 0.2) is 0 Å². The van der Waals surface area contributed by atoms with Crippen LogP contribution >= 0.6 is 0 Å². The monoisotopic (exact) mass is 320 g/mol. The molecule has 0 saturated heterocycles. The van der Waals surface area contributed by atoms with Crippen LogP contribution in [0.5, 0.6) is 0 Å². The first kappa shape index (κ1) is 17.0. The lowest BCUT2D eigenvalue weighted by Crippen LogP contribution is -2.33. The van der Waals surface area contributed by atoms with Gasteiger partial charge in [-0.25, -0.2) is 17.5 Å². The Kier molecular flexibility index (Phi) is 5.33. The van der Waals surface area contributed by atoms with Crippen molar-refractivity contribution in [3.8, 4) is 0 Å². The van der Waals surface area contributed by atoms with Crippen LogP contribution in [-0.2, 0) is 14.8 Å². The molecule has 0 heterocycles. The SMILES string of the molecule is CCC(CNS(=O)(=O)c1cc([N+](=O)[O-])ccc1F)C(=O)O. The molecule has 0 fully saturated rings. The highest BCUT2D eigenvalue weighted by molar-refractivity contribution is 7.89. The third kappa shape index (κ3) is 4.20. The molecule has 0 aromatic heterocycles. The number of carboxylic acids is 1. The summed E-state index contributed by atoms with van der Waals surface area (Å²) in [6, 6.07) is 2.08. The van der Waals surface area contributed by atoms with Gasteiger partial charge in [-0.15, -0.1) is 0 Å². The fraction of sp³-hybridized carbons (Fsp3) is 0.364. The van der Waals surface area contributed by atoms with Crippen molar-refractivity contribution in [2.75, 3.05) is 6.54 Å². The smallest absolute Gasteiger partial charge is 0.307 e. The second-order valence-electron chi connectivity index (χ2n) is 4.17. The molecule has 0 radical (unpaired) electrons. The Morgan fingerprint density at radius 3 is 2.62 bits per heavy atom. The number of aliphatic carboxylic acids is 1. The van der Waals surface area contributed by atoms with Gasteiger partial charge < -0.3 is 5.11 Å². The normalized spacial score (nSPS) is 12.9. The molecule has 0 aliphatic carbocycles. The van der Waals surface area contributed by atoms with Gasteiger partial charge in [0.05, 0.1) is 10.8 Å². The number of hydrogen-bond donors (Lipinski definition) is 2. The number of hydrogen-bond acceptors (Lipinski definition) is 5. The Morgan fingerprint density at radius 1 is 1.52 bits per heavy atom. The van der Waals surface area contributed by atoms with Gasteiger partial charge in [-0.1, -0.05) is 6.92 Å². The minimum atomic E-state index is -4.38. The van der Waals surface area contributed by atoms with E-state index in [0.717, 1.165) is 6.07 Å². The lowest BCUT2D eigenvalue weighted by molar-refractivity contribution is -0.385. The van der Waals surface area contributed by atoms with E-state index < -0.39 is 49.8 Å². The summed E-state index contributed by atoms with van der Waals surface area (Å²) in [7, 11) is -4.38. The van der Waals surface area contributed by atoms with E-state index in [4.69, 9.17) is 5.11 Å². The second-order valence-corrected chi connectivity index (χ2v) is 5.90. The number of benzene rings is 1. The van der Waals surface area contributed by atoms with Crippen molar-refractivity contribution < 1.29 is 27.6 Å². The van der Waals surface area contributed by atoms with Gasteiger partial charge in [0, 0.05) is 18.7 Å². The van der Waals surface area contributed by atoms with Crippen LogP contribution in [0.1, 0.15) is 13.3 Å². The van der Waals surface area contributed by atoms with E-state index in [1.165, 1.54) is 0 Å². The highest BCUT2D eigenvalue weighted by Crippen LogP contribution is 2.21. The Bertz CT molecular complexity index is 661. The molecular formula is C11H13FN2O6S. The summed E-state index contributed by atoms with van der Waals surface area (Å²) in [6.07, 6.45) is 0.176. The van der Waals surface area contributed by atoms with E-state index in [0.29, 0.717) is 12.1 Å². The number of rotatable bonds is 7. The third-order valence-corrected chi connectivity index (χ3v) is 4.22. The predicted molar refractivity (Wildman–Crippen MR) is 69.7 cm³/mol. The molecular weight excluding hydrogens is 307 g/mol. The first-order valence-corrected chi connectivity index (χ1v) is 7.33. The number of nitrogens with one attached hydrogen (secondary N) is 1. The van der Waals surface area contributed by atoms with Gasteiger partial charge in [-0.3, -0.25) is 14.9 Å². The molecule has 0 aliphatic rings. The van der Waals surface area contributed by atoms with E-state index >= 15 is 0 Å². The number of non-ortho nitro benzene ring substituents is 1. The van der Waals surface area contributed by atoms with E-state index in [-0.39, 0.29) is 6.42 Å². The van der Waals surface area contributed by atoms with Gasteiger partial charge in [-0.2, -0.15) is 0 Å². The van der Waals surface area contributed by atoms with Crippen molar-refractivity contribution in [1.29, 1.82) is 0 Å². The summed E-state index contributed by atoms with van der Waals surface area (Å²) in [5, 5.41) is 19.4. The van der Waals surface area contributed by atoms with E-state index in [1.54, 1.807) is 6.92 Å². The molecule has 0 amide bonds. The number of sulfonamides is 1. The van der Waals surface area contributed by atoms with Crippen molar-refractivity contribution >= 4 is 21.7 Å². The molecule has 0 spiro atoms. The highest BCUT2D eigenvalue weighted by Gasteiger charge is 2.25. The largest absolute Gasteiger partial charge is 0.481 e. The molecule has 1 atom stereocenters. The zero-order valence-electron chi connectivity index (χ0n) is 10.9. The fourth-order valence-electron chi connectivity index (χ4n) is 1.51. The number of carbonyl (C=O) groups is 1. The van der Waals surface area contributed by atoms with E-state index in [9.17, 15) is 27.7 Å². The average molecular weight is 320 g/mol. The Morgan fingerprint density at radius 2 is 2.14 bits per heavy atom. The van der Waals surface area contributed by atoms with Crippen LogP contribution in [-0.4, -0.2) is 31.0 Å². The minimum Gasteiger partial charge on any atom is -0.481 e. The fourth-order valence-corrected chi connectivity index (χ4v) is 2.68. The second kappa shape index (κ2) is 6.59. The van der Waals surface area contributed by atoms with Crippen LogP contribution in [0.25, 0.3) is 0 Å². The minimum absolute atomic E-state index is 0.176. The number of nitrogens with zero attached hydrogens (tertiary/aromatic N) is 1. The maximum Gasteiger partial charge on any atom is 0.307 e. The van der Waals surface area contributed by atoms with Crippen molar-refractivity contribution in [2.24, 2.45) is 5.92 Å². The molecule has 0 aliphatic heterocycles. The standard InChI is InChI=1S/C11H13FN2O6S/c1-2-7(11(15)16)6-13-21(19,20)10-5-8(14(17)18)3-4-9(10)12/h3-5,7,13H,2,6H2,1H3,(H,15,16). The molecule has 0 bridgehead atoms. The summed E-state index contributed by atoms with van der Waals surface area (Å²) in [6.45, 7) is 1.12. The van der Waals surface area contributed by atoms with Crippen molar-refractivity contribution in [3.05, 3.63) is 34.1 Å². The Labute approximate surface area is 119 Å². The predicted octanol–water partition coefficient (Wildman–Crippen LogP) is 1.12. The molecule has 0 saturated carbocycles. The van der Waals surface area contributed by atoms with Crippen molar-refractivity contribution in [2.45, 2.75) is 18.2 Å². The first-order valence-electron chi connectivity index (χ1n) is 5.85. The zero-order chi connectivity index (χ0) is 16.2. The van der Waals surface area contributed by atoms with Gasteiger partial charge in [0.1, 0.15) is 10.7 Å². The van der Waals surface area contributed by atoms with Gasteiger partial charge >= 0.3 is 5.97 Å². The van der Waals surface area contributed by atoms with Crippen LogP contribution in [0, 0.1) is 21.8 Å². The molecule has 8 nitrogen and oxygen atoms in total. The van der Waals surface area contributed by atoms with Crippen molar-refractivity contribution in [1.82, 2.24) is 4.72 Å². The summed E-state index contributed by atoms with van der Waals surface area (Å²) < 4.78 is 39.3.